The van der Waals surface area contributed by atoms with E-state index in [-0.39, 0.29) is 18.4 Å². The zero-order valence-corrected chi connectivity index (χ0v) is 15.5. The Morgan fingerprint density at radius 2 is 1.89 bits per heavy atom. The number of carbonyl (C=O) groups excluding carboxylic acids is 1. The minimum absolute atomic E-state index is 0.00692. The van der Waals surface area contributed by atoms with E-state index in [1.54, 1.807) is 4.90 Å². The van der Waals surface area contributed by atoms with Crippen molar-refractivity contribution in [3.8, 4) is 5.75 Å². The molecule has 1 N–H and O–H groups in total. The van der Waals surface area contributed by atoms with Crippen LogP contribution in [0.4, 0.5) is 0 Å². The van der Waals surface area contributed by atoms with Crippen LogP contribution in [0.3, 0.4) is 0 Å². The molecule has 0 bridgehead atoms. The number of benzene rings is 2. The molecular weight excluding hydrogens is 342 g/mol. The molecule has 142 valence electrons. The highest BCUT2D eigenvalue weighted by atomic mass is 16.5. The molecule has 0 aliphatic carbocycles. The first-order valence-electron chi connectivity index (χ1n) is 9.29. The third-order valence-electron chi connectivity index (χ3n) is 5.01. The minimum Gasteiger partial charge on any atom is -0.494 e. The van der Waals surface area contributed by atoms with Gasteiger partial charge < -0.3 is 14.7 Å². The van der Waals surface area contributed by atoms with Crippen LogP contribution in [-0.2, 0) is 9.59 Å². The quantitative estimate of drug-likeness (QED) is 0.761. The van der Waals surface area contributed by atoms with Crippen LogP contribution >= 0.6 is 0 Å². The summed E-state index contributed by atoms with van der Waals surface area (Å²) in [5, 5.41) is 9.55. The number of carboxylic acid groups (broad SMARTS) is 1. The molecule has 1 aliphatic heterocycles. The van der Waals surface area contributed by atoms with Gasteiger partial charge in [0.05, 0.1) is 12.5 Å². The second kappa shape index (κ2) is 8.71. The summed E-state index contributed by atoms with van der Waals surface area (Å²) < 4.78 is 5.68. The fraction of sp³-hybridized carbons (Fsp3) is 0.364. The molecule has 0 radical (unpaired) electrons. The summed E-state index contributed by atoms with van der Waals surface area (Å²) in [5.41, 5.74) is 2.11. The lowest BCUT2D eigenvalue weighted by Crippen LogP contribution is -2.30. The van der Waals surface area contributed by atoms with Gasteiger partial charge in [0.2, 0.25) is 5.91 Å². The maximum atomic E-state index is 12.5. The molecule has 5 heteroatoms. The van der Waals surface area contributed by atoms with E-state index in [1.165, 1.54) is 0 Å². The first-order chi connectivity index (χ1) is 13.0. The number of aliphatic carboxylic acids is 1. The standard InChI is InChI=1S/C22H25NO4/c1-16-7-5-10-18(13-16)27-12-6-11-21(24)23-14-19(20(15-23)22(25)26)17-8-3-2-4-9-17/h2-5,7-10,13,19-20H,6,11-12,14-15H2,1H3,(H,25,26)/t19-,20-/m0/s1. The maximum absolute atomic E-state index is 12.5. The van der Waals surface area contributed by atoms with Gasteiger partial charge in [0.25, 0.3) is 0 Å². The highest BCUT2D eigenvalue weighted by Gasteiger charge is 2.40. The Morgan fingerprint density at radius 1 is 1.11 bits per heavy atom. The summed E-state index contributed by atoms with van der Waals surface area (Å²) >= 11 is 0. The van der Waals surface area contributed by atoms with Gasteiger partial charge in [-0.05, 0) is 36.6 Å². The van der Waals surface area contributed by atoms with E-state index in [1.807, 2.05) is 61.5 Å². The topological polar surface area (TPSA) is 66.8 Å². The zero-order chi connectivity index (χ0) is 19.2. The molecule has 2 aromatic carbocycles. The van der Waals surface area contributed by atoms with Crippen molar-refractivity contribution in [2.75, 3.05) is 19.7 Å². The fourth-order valence-corrected chi connectivity index (χ4v) is 3.57. The van der Waals surface area contributed by atoms with E-state index in [0.717, 1.165) is 16.9 Å². The number of hydrogen-bond donors (Lipinski definition) is 1. The van der Waals surface area contributed by atoms with Crippen LogP contribution in [0, 0.1) is 12.8 Å². The van der Waals surface area contributed by atoms with Crippen molar-refractivity contribution in [2.24, 2.45) is 5.92 Å². The number of rotatable bonds is 7. The molecule has 3 rings (SSSR count). The molecule has 5 nitrogen and oxygen atoms in total. The molecule has 1 aliphatic rings. The Kier molecular flexibility index (Phi) is 6.12. The molecule has 1 fully saturated rings. The lowest BCUT2D eigenvalue weighted by Gasteiger charge is -2.16. The summed E-state index contributed by atoms with van der Waals surface area (Å²) in [4.78, 5) is 25.9. The van der Waals surface area contributed by atoms with Crippen LogP contribution in [0.2, 0.25) is 0 Å². The van der Waals surface area contributed by atoms with Gasteiger partial charge >= 0.3 is 5.97 Å². The second-order valence-electron chi connectivity index (χ2n) is 7.03. The first-order valence-corrected chi connectivity index (χ1v) is 9.29. The van der Waals surface area contributed by atoms with E-state index >= 15 is 0 Å². The number of nitrogens with zero attached hydrogens (tertiary/aromatic N) is 1. The number of amides is 1. The minimum atomic E-state index is -0.845. The Labute approximate surface area is 159 Å². The average Bonchev–Trinajstić information content (AvgIpc) is 3.12. The summed E-state index contributed by atoms with van der Waals surface area (Å²) in [6.07, 6.45) is 0.969. The highest BCUT2D eigenvalue weighted by molar-refractivity contribution is 5.79. The highest BCUT2D eigenvalue weighted by Crippen LogP contribution is 2.33. The van der Waals surface area contributed by atoms with Gasteiger partial charge in [-0.2, -0.15) is 0 Å². The Balaban J connectivity index is 1.52. The van der Waals surface area contributed by atoms with E-state index in [0.29, 0.717) is 26.0 Å². The van der Waals surface area contributed by atoms with Gasteiger partial charge in [-0.1, -0.05) is 42.5 Å². The van der Waals surface area contributed by atoms with Crippen LogP contribution in [0.5, 0.6) is 5.75 Å². The molecule has 0 spiro atoms. The average molecular weight is 367 g/mol. The molecule has 1 saturated heterocycles. The van der Waals surface area contributed by atoms with Crippen molar-refractivity contribution >= 4 is 11.9 Å². The van der Waals surface area contributed by atoms with Crippen LogP contribution in [0.15, 0.2) is 54.6 Å². The monoisotopic (exact) mass is 367 g/mol. The summed E-state index contributed by atoms with van der Waals surface area (Å²) in [7, 11) is 0. The van der Waals surface area contributed by atoms with Gasteiger partial charge in [-0.25, -0.2) is 0 Å². The lowest BCUT2D eigenvalue weighted by atomic mass is 9.89. The van der Waals surface area contributed by atoms with Crippen LogP contribution in [-0.4, -0.2) is 41.6 Å². The fourth-order valence-electron chi connectivity index (χ4n) is 3.57. The number of hydrogen-bond acceptors (Lipinski definition) is 3. The van der Waals surface area contributed by atoms with E-state index < -0.39 is 11.9 Å². The third-order valence-corrected chi connectivity index (χ3v) is 5.01. The van der Waals surface area contributed by atoms with E-state index in [4.69, 9.17) is 4.74 Å². The van der Waals surface area contributed by atoms with E-state index in [9.17, 15) is 14.7 Å². The molecule has 2 atom stereocenters. The molecule has 27 heavy (non-hydrogen) atoms. The molecule has 0 saturated carbocycles. The van der Waals surface area contributed by atoms with Crippen molar-refractivity contribution < 1.29 is 19.4 Å². The Morgan fingerprint density at radius 3 is 2.59 bits per heavy atom. The Bertz CT molecular complexity index is 790. The number of carbonyl (C=O) groups is 2. The van der Waals surface area contributed by atoms with Crippen molar-refractivity contribution in [2.45, 2.75) is 25.7 Å². The molecule has 0 aromatic heterocycles. The Hall–Kier alpha value is -2.82. The molecular formula is C22H25NO4. The van der Waals surface area contributed by atoms with E-state index in [2.05, 4.69) is 0 Å². The zero-order valence-electron chi connectivity index (χ0n) is 15.5. The lowest BCUT2D eigenvalue weighted by molar-refractivity contribution is -0.141. The van der Waals surface area contributed by atoms with Crippen molar-refractivity contribution in [1.29, 1.82) is 0 Å². The normalized spacial score (nSPS) is 19.1. The summed E-state index contributed by atoms with van der Waals surface area (Å²) in [5.74, 6) is -0.760. The largest absolute Gasteiger partial charge is 0.494 e. The predicted molar refractivity (Wildman–Crippen MR) is 103 cm³/mol. The summed E-state index contributed by atoms with van der Waals surface area (Å²) in [6, 6.07) is 17.4. The molecule has 1 amide bonds. The SMILES string of the molecule is Cc1cccc(OCCCC(=O)N2C[C@H](C(=O)O)[C@H](c3ccccc3)C2)c1. The van der Waals surface area contributed by atoms with Gasteiger partial charge in [0.1, 0.15) is 5.75 Å². The number of aryl methyl sites for hydroxylation is 1. The third kappa shape index (κ3) is 4.88. The van der Waals surface area contributed by atoms with Crippen molar-refractivity contribution in [3.63, 3.8) is 0 Å². The second-order valence-corrected chi connectivity index (χ2v) is 7.03. The van der Waals surface area contributed by atoms with Crippen LogP contribution < -0.4 is 4.74 Å². The number of likely N-dealkylation sites (tertiary alicyclic amines) is 1. The summed E-state index contributed by atoms with van der Waals surface area (Å²) in [6.45, 7) is 3.20. The van der Waals surface area contributed by atoms with Gasteiger partial charge in [0.15, 0.2) is 0 Å². The van der Waals surface area contributed by atoms with Crippen molar-refractivity contribution in [1.82, 2.24) is 4.90 Å². The van der Waals surface area contributed by atoms with Gasteiger partial charge in [0, 0.05) is 25.4 Å². The molecule has 1 heterocycles. The smallest absolute Gasteiger partial charge is 0.308 e. The number of carboxylic acids is 1. The number of ether oxygens (including phenoxy) is 1. The molecule has 2 aromatic rings. The first kappa shape index (κ1) is 19.0. The van der Waals surface area contributed by atoms with Crippen LogP contribution in [0.25, 0.3) is 0 Å². The van der Waals surface area contributed by atoms with Gasteiger partial charge in [-0.15, -0.1) is 0 Å². The molecule has 0 unspecified atom stereocenters. The maximum Gasteiger partial charge on any atom is 0.308 e. The predicted octanol–water partition coefficient (Wildman–Crippen LogP) is 3.48. The van der Waals surface area contributed by atoms with Gasteiger partial charge in [-0.3, -0.25) is 9.59 Å². The van der Waals surface area contributed by atoms with Crippen molar-refractivity contribution in [3.05, 3.63) is 65.7 Å². The van der Waals surface area contributed by atoms with Crippen LogP contribution in [0.1, 0.15) is 29.9 Å².